The second kappa shape index (κ2) is 5.70. The van der Waals surface area contributed by atoms with Gasteiger partial charge in [-0.05, 0) is 41.5 Å². The minimum absolute atomic E-state index is 0.228. The van der Waals surface area contributed by atoms with Crippen LogP contribution in [0.3, 0.4) is 0 Å². The van der Waals surface area contributed by atoms with Crippen LogP contribution in [0.4, 0.5) is 0 Å². The summed E-state index contributed by atoms with van der Waals surface area (Å²) in [6.07, 6.45) is 2.80. The van der Waals surface area contributed by atoms with E-state index in [4.69, 9.17) is 22.2 Å². The first kappa shape index (κ1) is 14.6. The van der Waals surface area contributed by atoms with E-state index in [2.05, 4.69) is 26.2 Å². The van der Waals surface area contributed by atoms with Gasteiger partial charge in [0.15, 0.2) is 0 Å². The summed E-state index contributed by atoms with van der Waals surface area (Å²) < 4.78 is 5.73. The van der Waals surface area contributed by atoms with Crippen molar-refractivity contribution in [2.24, 2.45) is 11.3 Å². The molecule has 0 spiro atoms. The predicted molar refractivity (Wildman–Crippen MR) is 79.5 cm³/mol. The SMILES string of the molecule is CC(C)(C)CC(Cc1cc(Cl)cc2c1OCC2)NN. The van der Waals surface area contributed by atoms with Gasteiger partial charge in [0.2, 0.25) is 0 Å². The van der Waals surface area contributed by atoms with Crippen LogP contribution in [0.1, 0.15) is 38.3 Å². The third kappa shape index (κ3) is 3.85. The van der Waals surface area contributed by atoms with Crippen LogP contribution in [0.5, 0.6) is 5.75 Å². The molecule has 0 bridgehead atoms. The van der Waals surface area contributed by atoms with Crippen LogP contribution in [0.15, 0.2) is 12.1 Å². The number of halogens is 1. The molecule has 2 rings (SSSR count). The summed E-state index contributed by atoms with van der Waals surface area (Å²) in [5, 5.41) is 0.783. The molecule has 0 aromatic heterocycles. The zero-order valence-electron chi connectivity index (χ0n) is 11.9. The van der Waals surface area contributed by atoms with E-state index < -0.39 is 0 Å². The lowest BCUT2D eigenvalue weighted by Gasteiger charge is -2.26. The molecule has 1 atom stereocenters. The minimum Gasteiger partial charge on any atom is -0.493 e. The molecule has 0 saturated heterocycles. The van der Waals surface area contributed by atoms with E-state index in [-0.39, 0.29) is 11.5 Å². The Morgan fingerprint density at radius 2 is 2.16 bits per heavy atom. The molecular formula is C15H23ClN2O. The van der Waals surface area contributed by atoms with Crippen molar-refractivity contribution >= 4 is 11.6 Å². The summed E-state index contributed by atoms with van der Waals surface area (Å²) >= 11 is 6.18. The number of nitrogens with two attached hydrogens (primary N) is 1. The Balaban J connectivity index is 2.18. The number of ether oxygens (including phenoxy) is 1. The molecule has 1 unspecified atom stereocenters. The fourth-order valence-electron chi connectivity index (χ4n) is 2.69. The average Bonchev–Trinajstić information content (AvgIpc) is 2.74. The van der Waals surface area contributed by atoms with Crippen LogP contribution < -0.4 is 16.0 Å². The first-order valence-corrected chi connectivity index (χ1v) is 7.17. The van der Waals surface area contributed by atoms with Gasteiger partial charge in [0, 0.05) is 17.5 Å². The molecular weight excluding hydrogens is 260 g/mol. The number of hydrogen-bond donors (Lipinski definition) is 2. The molecule has 1 aromatic rings. The zero-order chi connectivity index (χ0) is 14.0. The number of benzene rings is 1. The molecule has 0 fully saturated rings. The number of fused-ring (bicyclic) bond motifs is 1. The Labute approximate surface area is 120 Å². The molecule has 1 aliphatic rings. The van der Waals surface area contributed by atoms with Crippen LogP contribution in [-0.4, -0.2) is 12.6 Å². The second-order valence-corrected chi connectivity index (χ2v) is 6.92. The molecule has 1 heterocycles. The maximum atomic E-state index is 6.18. The van der Waals surface area contributed by atoms with Crippen molar-refractivity contribution in [3.63, 3.8) is 0 Å². The lowest BCUT2D eigenvalue weighted by Crippen LogP contribution is -2.39. The monoisotopic (exact) mass is 282 g/mol. The molecule has 3 nitrogen and oxygen atoms in total. The highest BCUT2D eigenvalue weighted by Gasteiger charge is 2.22. The minimum atomic E-state index is 0.228. The lowest BCUT2D eigenvalue weighted by molar-refractivity contribution is 0.304. The standard InChI is InChI=1S/C15H23ClN2O/c1-15(2,3)9-13(18-17)8-11-7-12(16)6-10-4-5-19-14(10)11/h6-7,13,18H,4-5,8-9,17H2,1-3H3. The maximum Gasteiger partial charge on any atom is 0.125 e. The quantitative estimate of drug-likeness (QED) is 0.659. The van der Waals surface area contributed by atoms with Gasteiger partial charge in [-0.15, -0.1) is 0 Å². The number of nitrogens with one attached hydrogen (secondary N) is 1. The van der Waals surface area contributed by atoms with Gasteiger partial charge in [-0.3, -0.25) is 11.3 Å². The Morgan fingerprint density at radius 1 is 1.42 bits per heavy atom. The highest BCUT2D eigenvalue weighted by atomic mass is 35.5. The van der Waals surface area contributed by atoms with Gasteiger partial charge in [-0.25, -0.2) is 0 Å². The van der Waals surface area contributed by atoms with Crippen LogP contribution in [-0.2, 0) is 12.8 Å². The van der Waals surface area contributed by atoms with E-state index in [1.165, 1.54) is 5.56 Å². The molecule has 0 radical (unpaired) electrons. The van der Waals surface area contributed by atoms with Crippen LogP contribution in [0.25, 0.3) is 0 Å². The third-order valence-corrected chi connectivity index (χ3v) is 3.60. The number of rotatable bonds is 4. The number of hydrogen-bond acceptors (Lipinski definition) is 3. The first-order valence-electron chi connectivity index (χ1n) is 6.79. The summed E-state index contributed by atoms with van der Waals surface area (Å²) in [5.41, 5.74) is 5.53. The summed E-state index contributed by atoms with van der Waals surface area (Å²) in [6.45, 7) is 7.41. The van der Waals surface area contributed by atoms with Crippen molar-refractivity contribution in [1.29, 1.82) is 0 Å². The Hall–Kier alpha value is -0.770. The van der Waals surface area contributed by atoms with E-state index in [1.54, 1.807) is 0 Å². The molecule has 3 N–H and O–H groups in total. The highest BCUT2D eigenvalue weighted by Crippen LogP contribution is 2.34. The zero-order valence-corrected chi connectivity index (χ0v) is 12.7. The van der Waals surface area contributed by atoms with Crippen molar-refractivity contribution in [3.8, 4) is 5.75 Å². The van der Waals surface area contributed by atoms with Gasteiger partial charge in [0.1, 0.15) is 5.75 Å². The first-order chi connectivity index (χ1) is 8.89. The van der Waals surface area contributed by atoms with Crippen molar-refractivity contribution < 1.29 is 4.74 Å². The van der Waals surface area contributed by atoms with Crippen molar-refractivity contribution in [2.75, 3.05) is 6.61 Å². The van der Waals surface area contributed by atoms with Crippen molar-refractivity contribution in [3.05, 3.63) is 28.3 Å². The van der Waals surface area contributed by atoms with E-state index in [0.717, 1.165) is 42.2 Å². The van der Waals surface area contributed by atoms with E-state index in [1.807, 2.05) is 12.1 Å². The van der Waals surface area contributed by atoms with E-state index in [9.17, 15) is 0 Å². The summed E-state index contributed by atoms with van der Waals surface area (Å²) in [7, 11) is 0. The smallest absolute Gasteiger partial charge is 0.125 e. The maximum absolute atomic E-state index is 6.18. The summed E-state index contributed by atoms with van der Waals surface area (Å²) in [4.78, 5) is 0. The predicted octanol–water partition coefficient (Wildman–Crippen LogP) is 3.09. The second-order valence-electron chi connectivity index (χ2n) is 6.48. The molecule has 4 heteroatoms. The van der Waals surface area contributed by atoms with E-state index in [0.29, 0.717) is 0 Å². The van der Waals surface area contributed by atoms with Gasteiger partial charge in [-0.1, -0.05) is 32.4 Å². The van der Waals surface area contributed by atoms with Crippen LogP contribution in [0, 0.1) is 5.41 Å². The fourth-order valence-corrected chi connectivity index (χ4v) is 2.96. The van der Waals surface area contributed by atoms with Crippen LogP contribution in [0.2, 0.25) is 5.02 Å². The molecule has 0 aliphatic carbocycles. The van der Waals surface area contributed by atoms with Crippen molar-refractivity contribution in [1.82, 2.24) is 5.43 Å². The Kier molecular flexibility index (Phi) is 4.39. The third-order valence-electron chi connectivity index (χ3n) is 3.39. The van der Waals surface area contributed by atoms with Gasteiger partial charge in [-0.2, -0.15) is 0 Å². The summed E-state index contributed by atoms with van der Waals surface area (Å²) in [5.74, 6) is 6.70. The molecule has 19 heavy (non-hydrogen) atoms. The van der Waals surface area contributed by atoms with Gasteiger partial charge < -0.3 is 4.74 Å². The highest BCUT2D eigenvalue weighted by molar-refractivity contribution is 6.30. The Morgan fingerprint density at radius 3 is 2.79 bits per heavy atom. The summed E-state index contributed by atoms with van der Waals surface area (Å²) in [6, 6.07) is 4.23. The van der Waals surface area contributed by atoms with Crippen molar-refractivity contribution in [2.45, 2.75) is 46.1 Å². The number of hydrazine groups is 1. The largest absolute Gasteiger partial charge is 0.493 e. The molecule has 0 amide bonds. The van der Waals surface area contributed by atoms with Gasteiger partial charge in [0.05, 0.1) is 6.61 Å². The van der Waals surface area contributed by atoms with Gasteiger partial charge in [0.25, 0.3) is 0 Å². The molecule has 0 saturated carbocycles. The molecule has 1 aliphatic heterocycles. The lowest BCUT2D eigenvalue weighted by atomic mass is 9.86. The molecule has 106 valence electrons. The normalized spacial score (nSPS) is 16.1. The average molecular weight is 283 g/mol. The van der Waals surface area contributed by atoms with Crippen LogP contribution >= 0.6 is 11.6 Å². The Bertz CT molecular complexity index is 454. The van der Waals surface area contributed by atoms with Gasteiger partial charge >= 0.3 is 0 Å². The topological polar surface area (TPSA) is 47.3 Å². The molecule has 1 aromatic carbocycles. The van der Waals surface area contributed by atoms with E-state index >= 15 is 0 Å². The fraction of sp³-hybridized carbons (Fsp3) is 0.600.